The van der Waals surface area contributed by atoms with Gasteiger partial charge in [-0.2, -0.15) is 4.98 Å². The van der Waals surface area contributed by atoms with Crippen molar-refractivity contribution in [1.82, 2.24) is 15.3 Å². The van der Waals surface area contributed by atoms with Crippen LogP contribution in [0, 0.1) is 5.92 Å². The third-order valence-electron chi connectivity index (χ3n) is 2.43. The Morgan fingerprint density at radius 1 is 1.40 bits per heavy atom. The third-order valence-corrected chi connectivity index (χ3v) is 2.71. The van der Waals surface area contributed by atoms with Crippen molar-refractivity contribution < 1.29 is 4.79 Å². The number of rotatable bonds is 8. The molecule has 0 spiro atoms. The number of anilines is 2. The molecule has 1 heterocycles. The summed E-state index contributed by atoms with van der Waals surface area (Å²) in [5.41, 5.74) is 0. The maximum atomic E-state index is 11.6. The molecule has 3 N–H and O–H groups in total. The van der Waals surface area contributed by atoms with Crippen molar-refractivity contribution in [3.05, 3.63) is 11.2 Å². The Morgan fingerprint density at radius 3 is 2.80 bits per heavy atom. The van der Waals surface area contributed by atoms with E-state index in [9.17, 15) is 4.79 Å². The average Bonchev–Trinajstić information content (AvgIpc) is 2.40. The highest BCUT2D eigenvalue weighted by Crippen LogP contribution is 2.19. The Balaban J connectivity index is 2.41. The first-order valence-corrected chi connectivity index (χ1v) is 7.17. The molecule has 0 bridgehead atoms. The normalized spacial score (nSPS) is 10.4. The van der Waals surface area contributed by atoms with Crippen LogP contribution >= 0.6 is 11.6 Å². The lowest BCUT2D eigenvalue weighted by molar-refractivity contribution is -0.120. The molecule has 1 rings (SSSR count). The summed E-state index contributed by atoms with van der Waals surface area (Å²) in [6.07, 6.45) is 1.91. The summed E-state index contributed by atoms with van der Waals surface area (Å²) >= 11 is 6.00. The minimum Gasteiger partial charge on any atom is -0.368 e. The van der Waals surface area contributed by atoms with Gasteiger partial charge in [0.25, 0.3) is 0 Å². The smallest absolute Gasteiger partial charge is 0.224 e. The monoisotopic (exact) mass is 299 g/mol. The van der Waals surface area contributed by atoms with Crippen molar-refractivity contribution in [3.8, 4) is 0 Å². The Morgan fingerprint density at radius 2 is 2.15 bits per heavy atom. The Bertz CT molecular complexity index is 439. The van der Waals surface area contributed by atoms with Crippen molar-refractivity contribution in [1.29, 1.82) is 0 Å². The Labute approximate surface area is 124 Å². The van der Waals surface area contributed by atoms with Crippen LogP contribution in [0.15, 0.2) is 6.20 Å². The van der Waals surface area contributed by atoms with Crippen LogP contribution in [0.5, 0.6) is 0 Å². The number of hydrogen-bond acceptors (Lipinski definition) is 5. The molecule has 0 atom stereocenters. The Hall–Kier alpha value is -1.56. The van der Waals surface area contributed by atoms with Crippen LogP contribution in [-0.2, 0) is 4.79 Å². The number of carbonyl (C=O) groups is 1. The summed E-state index contributed by atoms with van der Waals surface area (Å²) in [6.45, 7) is 7.98. The molecular weight excluding hydrogens is 278 g/mol. The van der Waals surface area contributed by atoms with Crippen LogP contribution in [0.1, 0.15) is 27.2 Å². The van der Waals surface area contributed by atoms with Crippen LogP contribution in [0.2, 0.25) is 5.02 Å². The summed E-state index contributed by atoms with van der Waals surface area (Å²) in [5, 5.41) is 9.35. The number of aromatic nitrogens is 2. The van der Waals surface area contributed by atoms with E-state index in [4.69, 9.17) is 11.6 Å². The number of nitrogens with one attached hydrogen (secondary N) is 3. The molecule has 1 aromatic heterocycles. The van der Waals surface area contributed by atoms with E-state index in [1.165, 1.54) is 6.20 Å². The van der Waals surface area contributed by atoms with Crippen molar-refractivity contribution in [2.75, 3.05) is 30.3 Å². The second-order valence-corrected chi connectivity index (χ2v) is 5.20. The van der Waals surface area contributed by atoms with Gasteiger partial charge in [-0.15, -0.1) is 0 Å². The lowest BCUT2D eigenvalue weighted by Gasteiger charge is -2.10. The van der Waals surface area contributed by atoms with Gasteiger partial charge in [0.15, 0.2) is 0 Å². The fraction of sp³-hybridized carbons (Fsp3) is 0.615. The van der Waals surface area contributed by atoms with Gasteiger partial charge in [-0.05, 0) is 12.8 Å². The van der Waals surface area contributed by atoms with Gasteiger partial charge in [0.05, 0.1) is 6.20 Å². The van der Waals surface area contributed by atoms with E-state index in [1.54, 1.807) is 0 Å². The maximum Gasteiger partial charge on any atom is 0.224 e. The van der Waals surface area contributed by atoms with E-state index in [-0.39, 0.29) is 5.91 Å². The number of halogens is 1. The average molecular weight is 300 g/mol. The zero-order chi connectivity index (χ0) is 15.0. The van der Waals surface area contributed by atoms with Gasteiger partial charge < -0.3 is 16.0 Å². The molecule has 0 fully saturated rings. The SMILES string of the molecule is CCNc1ncc(Cl)c(NCCC(=O)NCC(C)C)n1. The van der Waals surface area contributed by atoms with Gasteiger partial charge in [-0.25, -0.2) is 4.98 Å². The molecule has 1 aromatic rings. The fourth-order valence-corrected chi connectivity index (χ4v) is 1.59. The quantitative estimate of drug-likeness (QED) is 0.685. The second-order valence-electron chi connectivity index (χ2n) is 4.80. The number of carbonyl (C=O) groups excluding carboxylic acids is 1. The van der Waals surface area contributed by atoms with Gasteiger partial charge in [-0.1, -0.05) is 25.4 Å². The highest BCUT2D eigenvalue weighted by Gasteiger charge is 2.06. The topological polar surface area (TPSA) is 78.9 Å². The van der Waals surface area contributed by atoms with Gasteiger partial charge in [-0.3, -0.25) is 4.79 Å². The highest BCUT2D eigenvalue weighted by molar-refractivity contribution is 6.32. The Kier molecular flexibility index (Phi) is 7.08. The van der Waals surface area contributed by atoms with E-state index in [0.29, 0.717) is 42.2 Å². The fourth-order valence-electron chi connectivity index (χ4n) is 1.44. The zero-order valence-electron chi connectivity index (χ0n) is 12.2. The van der Waals surface area contributed by atoms with Crippen molar-refractivity contribution >= 4 is 29.3 Å². The number of hydrogen-bond donors (Lipinski definition) is 3. The molecule has 1 amide bonds. The summed E-state index contributed by atoms with van der Waals surface area (Å²) < 4.78 is 0. The molecule has 0 radical (unpaired) electrons. The summed E-state index contributed by atoms with van der Waals surface area (Å²) in [7, 11) is 0. The molecule has 0 aliphatic carbocycles. The van der Waals surface area contributed by atoms with Crippen LogP contribution in [0.4, 0.5) is 11.8 Å². The van der Waals surface area contributed by atoms with E-state index in [0.717, 1.165) is 6.54 Å². The van der Waals surface area contributed by atoms with E-state index in [2.05, 4.69) is 39.8 Å². The molecule has 20 heavy (non-hydrogen) atoms. The van der Waals surface area contributed by atoms with E-state index >= 15 is 0 Å². The van der Waals surface area contributed by atoms with Gasteiger partial charge in [0, 0.05) is 26.1 Å². The molecule has 0 saturated carbocycles. The first-order chi connectivity index (χ1) is 9.52. The molecule has 0 saturated heterocycles. The first-order valence-electron chi connectivity index (χ1n) is 6.80. The van der Waals surface area contributed by atoms with Crippen molar-refractivity contribution in [2.45, 2.75) is 27.2 Å². The maximum absolute atomic E-state index is 11.6. The third kappa shape index (κ3) is 6.06. The van der Waals surface area contributed by atoms with Gasteiger partial charge in [0.1, 0.15) is 10.8 Å². The second kappa shape index (κ2) is 8.58. The summed E-state index contributed by atoms with van der Waals surface area (Å²) in [5.74, 6) is 1.52. The minimum atomic E-state index is 0.0169. The van der Waals surface area contributed by atoms with Crippen LogP contribution in [-0.4, -0.2) is 35.5 Å². The predicted octanol–water partition coefficient (Wildman–Crippen LogP) is 2.14. The number of nitrogens with zero attached hydrogens (tertiary/aromatic N) is 2. The summed E-state index contributed by atoms with van der Waals surface area (Å²) in [6, 6.07) is 0. The van der Waals surface area contributed by atoms with Gasteiger partial charge in [0.2, 0.25) is 11.9 Å². The molecular formula is C13H22ClN5O. The highest BCUT2D eigenvalue weighted by atomic mass is 35.5. The van der Waals surface area contributed by atoms with Crippen LogP contribution < -0.4 is 16.0 Å². The molecule has 7 heteroatoms. The molecule has 6 nitrogen and oxygen atoms in total. The standard InChI is InChI=1S/C13H22ClN5O/c1-4-15-13-18-8-10(14)12(19-13)16-6-5-11(20)17-7-9(2)3/h8-9H,4-7H2,1-3H3,(H,17,20)(H2,15,16,18,19). The molecule has 0 unspecified atom stereocenters. The first kappa shape index (κ1) is 16.5. The molecule has 112 valence electrons. The zero-order valence-corrected chi connectivity index (χ0v) is 12.9. The predicted molar refractivity (Wildman–Crippen MR) is 82.2 cm³/mol. The van der Waals surface area contributed by atoms with Crippen LogP contribution in [0.3, 0.4) is 0 Å². The lowest BCUT2D eigenvalue weighted by Crippen LogP contribution is -2.28. The molecule has 0 aliphatic heterocycles. The molecule has 0 aromatic carbocycles. The summed E-state index contributed by atoms with van der Waals surface area (Å²) in [4.78, 5) is 19.8. The minimum absolute atomic E-state index is 0.0169. The lowest BCUT2D eigenvalue weighted by atomic mass is 10.2. The van der Waals surface area contributed by atoms with E-state index in [1.807, 2.05) is 6.92 Å². The van der Waals surface area contributed by atoms with Gasteiger partial charge >= 0.3 is 0 Å². The number of amides is 1. The molecule has 0 aliphatic rings. The van der Waals surface area contributed by atoms with Crippen molar-refractivity contribution in [3.63, 3.8) is 0 Å². The largest absolute Gasteiger partial charge is 0.368 e. The van der Waals surface area contributed by atoms with Crippen molar-refractivity contribution in [2.24, 2.45) is 5.92 Å². The van der Waals surface area contributed by atoms with Crippen LogP contribution in [0.25, 0.3) is 0 Å². The van der Waals surface area contributed by atoms with E-state index < -0.39 is 0 Å².